The van der Waals surface area contributed by atoms with E-state index in [0.29, 0.717) is 29.9 Å². The number of para-hydroxylation sites is 1. The minimum atomic E-state index is 0.484. The molecule has 0 saturated carbocycles. The lowest BCUT2D eigenvalue weighted by molar-refractivity contribution is 0.331. The van der Waals surface area contributed by atoms with Gasteiger partial charge in [0.15, 0.2) is 0 Å². The topological polar surface area (TPSA) is 68.3 Å². The molecule has 3 rings (SSSR count). The first-order valence-corrected chi connectivity index (χ1v) is 8.48. The van der Waals surface area contributed by atoms with Crippen molar-refractivity contribution in [1.82, 2.24) is 9.97 Å². The Morgan fingerprint density at radius 1 is 1.00 bits per heavy atom. The van der Waals surface area contributed by atoms with Gasteiger partial charge in [-0.2, -0.15) is 4.98 Å². The van der Waals surface area contributed by atoms with E-state index >= 15 is 0 Å². The van der Waals surface area contributed by atoms with Crippen molar-refractivity contribution >= 4 is 29.1 Å². The molecule has 0 aliphatic carbocycles. The van der Waals surface area contributed by atoms with Crippen LogP contribution in [0.25, 0.3) is 0 Å². The van der Waals surface area contributed by atoms with E-state index in [1.165, 1.54) is 0 Å². The molecule has 6 nitrogen and oxygen atoms in total. The van der Waals surface area contributed by atoms with Crippen molar-refractivity contribution in [3.8, 4) is 11.5 Å². The highest BCUT2D eigenvalue weighted by molar-refractivity contribution is 6.33. The molecule has 0 fully saturated rings. The molecule has 0 unspecified atom stereocenters. The van der Waals surface area contributed by atoms with E-state index in [1.807, 2.05) is 48.5 Å². The largest absolute Gasteiger partial charge is 0.497 e. The quantitative estimate of drug-likeness (QED) is 0.574. The number of benzene rings is 2. The molecule has 26 heavy (non-hydrogen) atoms. The van der Waals surface area contributed by atoms with Crippen molar-refractivity contribution in [2.75, 3.05) is 30.9 Å². The number of hydrogen-bond acceptors (Lipinski definition) is 6. The molecule has 3 aromatic rings. The van der Waals surface area contributed by atoms with Crippen LogP contribution in [0.2, 0.25) is 5.02 Å². The summed E-state index contributed by atoms with van der Waals surface area (Å²) in [6, 6.07) is 16.7. The molecule has 1 aromatic heterocycles. The van der Waals surface area contributed by atoms with Crippen LogP contribution in [0.3, 0.4) is 0 Å². The van der Waals surface area contributed by atoms with Crippen LogP contribution in [0, 0.1) is 0 Å². The fourth-order valence-corrected chi connectivity index (χ4v) is 2.40. The van der Waals surface area contributed by atoms with E-state index in [0.717, 1.165) is 17.2 Å². The number of rotatable bonds is 8. The van der Waals surface area contributed by atoms with Crippen molar-refractivity contribution in [3.05, 3.63) is 65.8 Å². The molecule has 0 aliphatic rings. The van der Waals surface area contributed by atoms with E-state index in [1.54, 1.807) is 19.4 Å². The number of anilines is 3. The van der Waals surface area contributed by atoms with Gasteiger partial charge in [-0.05, 0) is 42.5 Å². The van der Waals surface area contributed by atoms with Crippen molar-refractivity contribution < 1.29 is 9.47 Å². The molecule has 0 atom stereocenters. The monoisotopic (exact) mass is 370 g/mol. The fraction of sp³-hybridized carbons (Fsp3) is 0.158. The molecular weight excluding hydrogens is 352 g/mol. The Morgan fingerprint density at radius 3 is 2.54 bits per heavy atom. The molecule has 0 spiro atoms. The van der Waals surface area contributed by atoms with E-state index in [2.05, 4.69) is 20.6 Å². The Bertz CT molecular complexity index is 843. The highest BCUT2D eigenvalue weighted by Gasteiger charge is 2.03. The predicted octanol–water partition coefficient (Wildman–Crippen LogP) is 4.37. The van der Waals surface area contributed by atoms with Gasteiger partial charge in [0.25, 0.3) is 0 Å². The standard InChI is InChI=1S/C19H19ClN4O2/c1-25-14-6-8-15(9-7-14)26-13-12-22-19-21-11-10-18(24-19)23-17-5-3-2-4-16(17)20/h2-11H,12-13H2,1H3,(H2,21,22,23,24). The summed E-state index contributed by atoms with van der Waals surface area (Å²) in [5.74, 6) is 2.75. The minimum absolute atomic E-state index is 0.484. The van der Waals surface area contributed by atoms with Crippen LogP contribution in [0.4, 0.5) is 17.5 Å². The van der Waals surface area contributed by atoms with Crippen molar-refractivity contribution in [2.24, 2.45) is 0 Å². The molecule has 0 saturated heterocycles. The molecule has 1 heterocycles. The second-order valence-electron chi connectivity index (χ2n) is 5.32. The molecule has 0 aliphatic heterocycles. The maximum atomic E-state index is 6.15. The summed E-state index contributed by atoms with van der Waals surface area (Å²) in [4.78, 5) is 8.62. The molecule has 2 N–H and O–H groups in total. The van der Waals surface area contributed by atoms with Crippen molar-refractivity contribution in [3.63, 3.8) is 0 Å². The Morgan fingerprint density at radius 2 is 1.77 bits per heavy atom. The van der Waals surface area contributed by atoms with Gasteiger partial charge < -0.3 is 20.1 Å². The fourth-order valence-electron chi connectivity index (χ4n) is 2.22. The minimum Gasteiger partial charge on any atom is -0.497 e. The number of ether oxygens (including phenoxy) is 2. The SMILES string of the molecule is COc1ccc(OCCNc2nccc(Nc3ccccc3Cl)n2)cc1. The van der Waals surface area contributed by atoms with Gasteiger partial charge in [0.05, 0.1) is 24.4 Å². The summed E-state index contributed by atoms with van der Waals surface area (Å²) >= 11 is 6.15. The highest BCUT2D eigenvalue weighted by Crippen LogP contribution is 2.24. The molecule has 7 heteroatoms. The summed E-state index contributed by atoms with van der Waals surface area (Å²) in [6.45, 7) is 1.05. The zero-order valence-electron chi connectivity index (χ0n) is 14.3. The van der Waals surface area contributed by atoms with Crippen molar-refractivity contribution in [2.45, 2.75) is 0 Å². The second-order valence-corrected chi connectivity index (χ2v) is 5.73. The van der Waals surface area contributed by atoms with Gasteiger partial charge in [0.1, 0.15) is 23.9 Å². The molecule has 2 aromatic carbocycles. The molecule has 0 bridgehead atoms. The van der Waals surface area contributed by atoms with Gasteiger partial charge in [-0.15, -0.1) is 0 Å². The number of aromatic nitrogens is 2. The average molecular weight is 371 g/mol. The van der Waals surface area contributed by atoms with Crippen LogP contribution in [-0.4, -0.2) is 30.2 Å². The average Bonchev–Trinajstić information content (AvgIpc) is 2.68. The number of hydrogen-bond donors (Lipinski definition) is 2. The third kappa shape index (κ3) is 5.00. The lowest BCUT2D eigenvalue weighted by atomic mass is 10.3. The van der Waals surface area contributed by atoms with Gasteiger partial charge in [-0.1, -0.05) is 23.7 Å². The first kappa shape index (κ1) is 17.8. The smallest absolute Gasteiger partial charge is 0.224 e. The van der Waals surface area contributed by atoms with Gasteiger partial charge in [-0.3, -0.25) is 0 Å². The number of methoxy groups -OCH3 is 1. The van der Waals surface area contributed by atoms with Gasteiger partial charge in [-0.25, -0.2) is 4.98 Å². The van der Waals surface area contributed by atoms with Gasteiger partial charge in [0, 0.05) is 6.20 Å². The summed E-state index contributed by atoms with van der Waals surface area (Å²) in [7, 11) is 1.63. The zero-order valence-corrected chi connectivity index (χ0v) is 15.0. The van der Waals surface area contributed by atoms with Crippen LogP contribution in [0.5, 0.6) is 11.5 Å². The zero-order chi connectivity index (χ0) is 18.2. The molecule has 0 radical (unpaired) electrons. The first-order valence-electron chi connectivity index (χ1n) is 8.10. The summed E-state index contributed by atoms with van der Waals surface area (Å²) in [5, 5.41) is 6.94. The van der Waals surface area contributed by atoms with Crippen molar-refractivity contribution in [1.29, 1.82) is 0 Å². The number of nitrogens with zero attached hydrogens (tertiary/aromatic N) is 2. The Labute approximate surface area is 157 Å². The van der Waals surface area contributed by atoms with Crippen LogP contribution in [-0.2, 0) is 0 Å². The maximum Gasteiger partial charge on any atom is 0.224 e. The second kappa shape index (κ2) is 8.92. The Hall–Kier alpha value is -2.99. The molecule has 0 amide bonds. The maximum absolute atomic E-state index is 6.15. The van der Waals surface area contributed by atoms with E-state index < -0.39 is 0 Å². The predicted molar refractivity (Wildman–Crippen MR) is 104 cm³/mol. The third-order valence-corrected chi connectivity index (χ3v) is 3.84. The lowest BCUT2D eigenvalue weighted by Gasteiger charge is -2.10. The van der Waals surface area contributed by atoms with Crippen LogP contribution in [0.1, 0.15) is 0 Å². The highest BCUT2D eigenvalue weighted by atomic mass is 35.5. The first-order chi connectivity index (χ1) is 12.7. The molecular formula is C19H19ClN4O2. The molecule has 134 valence electrons. The summed E-state index contributed by atoms with van der Waals surface area (Å²) < 4.78 is 10.8. The van der Waals surface area contributed by atoms with Crippen LogP contribution in [0.15, 0.2) is 60.8 Å². The normalized spacial score (nSPS) is 10.2. The lowest BCUT2D eigenvalue weighted by Crippen LogP contribution is -2.13. The van der Waals surface area contributed by atoms with Gasteiger partial charge >= 0.3 is 0 Å². The van der Waals surface area contributed by atoms with Crippen LogP contribution >= 0.6 is 11.6 Å². The number of halogens is 1. The summed E-state index contributed by atoms with van der Waals surface area (Å²) in [6.07, 6.45) is 1.68. The third-order valence-electron chi connectivity index (χ3n) is 3.51. The summed E-state index contributed by atoms with van der Waals surface area (Å²) in [5.41, 5.74) is 0.793. The van der Waals surface area contributed by atoms with E-state index in [4.69, 9.17) is 21.1 Å². The van der Waals surface area contributed by atoms with E-state index in [9.17, 15) is 0 Å². The van der Waals surface area contributed by atoms with E-state index in [-0.39, 0.29) is 0 Å². The van der Waals surface area contributed by atoms with Crippen LogP contribution < -0.4 is 20.1 Å². The Balaban J connectivity index is 1.50. The number of nitrogens with one attached hydrogen (secondary N) is 2. The van der Waals surface area contributed by atoms with Gasteiger partial charge in [0.2, 0.25) is 5.95 Å². The Kier molecular flexibility index (Phi) is 6.11.